The minimum absolute atomic E-state index is 0.118. The summed E-state index contributed by atoms with van der Waals surface area (Å²) in [6, 6.07) is 15.5. The van der Waals surface area contributed by atoms with E-state index in [-0.39, 0.29) is 17.2 Å². The van der Waals surface area contributed by atoms with Crippen LogP contribution in [-0.4, -0.2) is 72.5 Å². The number of piperazine rings is 1. The topological polar surface area (TPSA) is 66.0 Å². The number of hydrogen-bond donors (Lipinski definition) is 0. The molecular formula is C26H32N4O3. The molecule has 0 N–H and O–H groups in total. The Balaban J connectivity index is 1.05. The molecule has 5 rings (SSSR count). The molecule has 0 bridgehead atoms. The Morgan fingerprint density at radius 2 is 1.64 bits per heavy atom. The van der Waals surface area contributed by atoms with Crippen molar-refractivity contribution in [1.29, 1.82) is 0 Å². The first kappa shape index (κ1) is 21.7. The number of ether oxygens (including phenoxy) is 1. The van der Waals surface area contributed by atoms with Crippen molar-refractivity contribution >= 4 is 17.6 Å². The number of piperidine rings is 1. The van der Waals surface area contributed by atoms with Crippen LogP contribution in [-0.2, 0) is 9.59 Å². The van der Waals surface area contributed by atoms with E-state index in [9.17, 15) is 9.59 Å². The summed E-state index contributed by atoms with van der Waals surface area (Å²) in [5.74, 6) is 2.38. The summed E-state index contributed by atoms with van der Waals surface area (Å²) in [4.78, 5) is 36.4. The van der Waals surface area contributed by atoms with E-state index in [4.69, 9.17) is 4.74 Å². The van der Waals surface area contributed by atoms with E-state index in [1.54, 1.807) is 0 Å². The van der Waals surface area contributed by atoms with Crippen LogP contribution in [0.5, 0.6) is 5.75 Å². The molecule has 1 saturated carbocycles. The number of pyridine rings is 1. The number of anilines is 1. The maximum atomic E-state index is 13.2. The minimum Gasteiger partial charge on any atom is -0.493 e. The molecule has 3 heterocycles. The highest BCUT2D eigenvalue weighted by atomic mass is 16.5. The van der Waals surface area contributed by atoms with Crippen LogP contribution in [0, 0.1) is 11.3 Å². The molecule has 2 aliphatic heterocycles. The van der Waals surface area contributed by atoms with Gasteiger partial charge in [0, 0.05) is 51.4 Å². The summed E-state index contributed by atoms with van der Waals surface area (Å²) in [6.45, 7) is 5.08. The molecule has 3 aliphatic rings. The van der Waals surface area contributed by atoms with Gasteiger partial charge in [-0.1, -0.05) is 24.3 Å². The number of aromatic nitrogens is 1. The molecule has 1 aliphatic carbocycles. The predicted octanol–water partition coefficient (Wildman–Crippen LogP) is 2.83. The van der Waals surface area contributed by atoms with Gasteiger partial charge in [0.1, 0.15) is 11.6 Å². The number of para-hydroxylation sites is 1. The molecule has 2 aromatic rings. The summed E-state index contributed by atoms with van der Waals surface area (Å²) in [5.41, 5.74) is 0.118. The fourth-order valence-electron chi connectivity index (χ4n) is 5.30. The lowest BCUT2D eigenvalue weighted by Gasteiger charge is -2.37. The molecule has 2 amide bonds. The Morgan fingerprint density at radius 3 is 2.33 bits per heavy atom. The molecule has 0 radical (unpaired) electrons. The van der Waals surface area contributed by atoms with E-state index in [0.717, 1.165) is 70.1 Å². The standard InChI is InChI=1S/C26H32N4O3/c31-24(9-19-33-21-6-2-1-3-7-21)29-13-10-26(11-14-29)20-22(26)25(32)30-17-15-28(16-18-30)23-8-4-5-12-27-23/h1-8,12,22H,9-11,13-20H2/t22-/m1/s1. The van der Waals surface area contributed by atoms with Gasteiger partial charge in [-0.25, -0.2) is 4.98 Å². The molecule has 1 atom stereocenters. The van der Waals surface area contributed by atoms with Crippen LogP contribution in [0.2, 0.25) is 0 Å². The van der Waals surface area contributed by atoms with E-state index in [1.807, 2.05) is 64.5 Å². The van der Waals surface area contributed by atoms with Gasteiger partial charge in [0.15, 0.2) is 0 Å². The largest absolute Gasteiger partial charge is 0.493 e. The molecule has 1 spiro atoms. The van der Waals surface area contributed by atoms with Crippen LogP contribution in [0.4, 0.5) is 5.82 Å². The number of hydrogen-bond acceptors (Lipinski definition) is 5. The molecule has 2 saturated heterocycles. The lowest BCUT2D eigenvalue weighted by molar-refractivity contribution is -0.135. The Bertz CT molecular complexity index is 952. The Kier molecular flexibility index (Phi) is 6.20. The fraction of sp³-hybridized carbons (Fsp3) is 0.500. The van der Waals surface area contributed by atoms with Crippen LogP contribution >= 0.6 is 0 Å². The van der Waals surface area contributed by atoms with E-state index < -0.39 is 0 Å². The third kappa shape index (κ3) is 4.82. The van der Waals surface area contributed by atoms with Gasteiger partial charge in [0.25, 0.3) is 0 Å². The molecule has 174 valence electrons. The zero-order chi connectivity index (χ0) is 22.7. The van der Waals surface area contributed by atoms with Crippen LogP contribution in [0.1, 0.15) is 25.7 Å². The molecule has 7 heteroatoms. The quantitative estimate of drug-likeness (QED) is 0.680. The van der Waals surface area contributed by atoms with Crippen molar-refractivity contribution in [3.05, 3.63) is 54.7 Å². The number of nitrogens with zero attached hydrogens (tertiary/aromatic N) is 4. The zero-order valence-electron chi connectivity index (χ0n) is 19.1. The summed E-state index contributed by atoms with van der Waals surface area (Å²) >= 11 is 0. The average molecular weight is 449 g/mol. The third-order valence-corrected chi connectivity index (χ3v) is 7.49. The minimum atomic E-state index is 0.118. The molecule has 1 aromatic heterocycles. The molecule has 33 heavy (non-hydrogen) atoms. The average Bonchev–Trinajstić information content (AvgIpc) is 3.58. The van der Waals surface area contributed by atoms with Crippen molar-refractivity contribution in [2.45, 2.75) is 25.7 Å². The monoisotopic (exact) mass is 448 g/mol. The number of amides is 2. The van der Waals surface area contributed by atoms with Gasteiger partial charge in [0.05, 0.1) is 13.0 Å². The Labute approximate surface area is 195 Å². The first-order valence-corrected chi connectivity index (χ1v) is 12.1. The normalized spacial score (nSPS) is 21.7. The Hall–Kier alpha value is -3.09. The second-order valence-corrected chi connectivity index (χ2v) is 9.41. The number of benzene rings is 1. The number of rotatable bonds is 6. The molecular weight excluding hydrogens is 416 g/mol. The smallest absolute Gasteiger partial charge is 0.226 e. The van der Waals surface area contributed by atoms with Crippen LogP contribution in [0.3, 0.4) is 0 Å². The van der Waals surface area contributed by atoms with E-state index in [2.05, 4.69) is 9.88 Å². The van der Waals surface area contributed by atoms with Gasteiger partial charge in [-0.2, -0.15) is 0 Å². The summed E-state index contributed by atoms with van der Waals surface area (Å²) in [6.07, 6.45) is 5.05. The van der Waals surface area contributed by atoms with Gasteiger partial charge in [0.2, 0.25) is 11.8 Å². The van der Waals surface area contributed by atoms with Crippen LogP contribution < -0.4 is 9.64 Å². The fourth-order valence-corrected chi connectivity index (χ4v) is 5.30. The number of likely N-dealkylation sites (tertiary alicyclic amines) is 1. The van der Waals surface area contributed by atoms with E-state index >= 15 is 0 Å². The Morgan fingerprint density at radius 1 is 0.909 bits per heavy atom. The van der Waals surface area contributed by atoms with Gasteiger partial charge < -0.3 is 19.4 Å². The van der Waals surface area contributed by atoms with Crippen LogP contribution in [0.25, 0.3) is 0 Å². The van der Waals surface area contributed by atoms with Gasteiger partial charge >= 0.3 is 0 Å². The SMILES string of the molecule is O=C(CCOc1ccccc1)N1CCC2(CC1)C[C@@H]2C(=O)N1CCN(c2ccccn2)CC1. The maximum absolute atomic E-state index is 13.2. The van der Waals surface area contributed by atoms with E-state index in [1.165, 1.54) is 0 Å². The second kappa shape index (κ2) is 9.41. The maximum Gasteiger partial charge on any atom is 0.226 e. The van der Waals surface area contributed by atoms with Gasteiger partial charge in [-0.15, -0.1) is 0 Å². The van der Waals surface area contributed by atoms with Crippen molar-refractivity contribution in [1.82, 2.24) is 14.8 Å². The van der Waals surface area contributed by atoms with Crippen molar-refractivity contribution in [2.75, 3.05) is 50.8 Å². The van der Waals surface area contributed by atoms with Crippen molar-refractivity contribution in [2.24, 2.45) is 11.3 Å². The first-order chi connectivity index (χ1) is 16.1. The summed E-state index contributed by atoms with van der Waals surface area (Å²) < 4.78 is 5.67. The van der Waals surface area contributed by atoms with Crippen molar-refractivity contribution < 1.29 is 14.3 Å². The van der Waals surface area contributed by atoms with Crippen LogP contribution in [0.15, 0.2) is 54.7 Å². The molecule has 1 aromatic carbocycles. The highest BCUT2D eigenvalue weighted by Crippen LogP contribution is 2.60. The lowest BCUT2D eigenvalue weighted by atomic mass is 9.90. The third-order valence-electron chi connectivity index (χ3n) is 7.49. The molecule has 7 nitrogen and oxygen atoms in total. The van der Waals surface area contributed by atoms with E-state index in [0.29, 0.717) is 18.9 Å². The second-order valence-electron chi connectivity index (χ2n) is 9.41. The predicted molar refractivity (Wildman–Crippen MR) is 126 cm³/mol. The zero-order valence-corrected chi connectivity index (χ0v) is 19.1. The summed E-state index contributed by atoms with van der Waals surface area (Å²) in [5, 5.41) is 0. The van der Waals surface area contributed by atoms with Crippen molar-refractivity contribution in [3.8, 4) is 5.75 Å². The highest BCUT2D eigenvalue weighted by Gasteiger charge is 2.59. The molecule has 3 fully saturated rings. The van der Waals surface area contributed by atoms with Crippen molar-refractivity contribution in [3.63, 3.8) is 0 Å². The lowest BCUT2D eigenvalue weighted by Crippen LogP contribution is -2.50. The van der Waals surface area contributed by atoms with Gasteiger partial charge in [-0.3, -0.25) is 9.59 Å². The molecule has 0 unspecified atom stereocenters. The van der Waals surface area contributed by atoms with Gasteiger partial charge in [-0.05, 0) is 48.9 Å². The first-order valence-electron chi connectivity index (χ1n) is 12.1. The highest BCUT2D eigenvalue weighted by molar-refractivity contribution is 5.83. The number of carbonyl (C=O) groups is 2. The number of carbonyl (C=O) groups excluding carboxylic acids is 2. The summed E-state index contributed by atoms with van der Waals surface area (Å²) in [7, 11) is 0.